The van der Waals surface area contributed by atoms with Gasteiger partial charge in [0.15, 0.2) is 11.5 Å². The van der Waals surface area contributed by atoms with Crippen molar-refractivity contribution in [3.05, 3.63) is 23.8 Å². The Morgan fingerprint density at radius 1 is 1.15 bits per heavy atom. The van der Waals surface area contributed by atoms with Crippen molar-refractivity contribution in [2.45, 2.75) is 26.7 Å². The maximum Gasteiger partial charge on any atom is 0.339 e. The van der Waals surface area contributed by atoms with Crippen molar-refractivity contribution in [3.8, 4) is 11.5 Å². The van der Waals surface area contributed by atoms with Crippen LogP contribution in [0.3, 0.4) is 0 Å². The van der Waals surface area contributed by atoms with Crippen molar-refractivity contribution in [1.29, 1.82) is 0 Å². The van der Waals surface area contributed by atoms with Gasteiger partial charge >= 0.3 is 5.97 Å². The van der Waals surface area contributed by atoms with Gasteiger partial charge in [-0.05, 0) is 25.5 Å². The van der Waals surface area contributed by atoms with Crippen LogP contribution in [0.4, 0.5) is 0 Å². The maximum atomic E-state index is 11.2. The van der Waals surface area contributed by atoms with E-state index in [1.807, 2.05) is 6.92 Å². The predicted molar refractivity (Wildman–Crippen MR) is 75.8 cm³/mol. The predicted octanol–water partition coefficient (Wildman–Crippen LogP) is 2.98. The lowest BCUT2D eigenvalue weighted by Crippen LogP contribution is -2.11. The monoisotopic (exact) mass is 282 g/mol. The quantitative estimate of drug-likeness (QED) is 0.668. The van der Waals surface area contributed by atoms with Crippen molar-refractivity contribution in [1.82, 2.24) is 0 Å². The van der Waals surface area contributed by atoms with Crippen molar-refractivity contribution < 1.29 is 24.1 Å². The molecule has 0 aromatic heterocycles. The third-order valence-electron chi connectivity index (χ3n) is 2.63. The Bertz CT molecular complexity index is 417. The highest BCUT2D eigenvalue weighted by atomic mass is 16.5. The van der Waals surface area contributed by atoms with Crippen LogP contribution < -0.4 is 9.47 Å². The number of hydrogen-bond acceptors (Lipinski definition) is 4. The highest BCUT2D eigenvalue weighted by molar-refractivity contribution is 5.92. The summed E-state index contributed by atoms with van der Waals surface area (Å²) in [7, 11) is 0. The first-order valence-electron chi connectivity index (χ1n) is 6.90. The van der Waals surface area contributed by atoms with E-state index in [-0.39, 0.29) is 11.3 Å². The number of carboxylic acid groups (broad SMARTS) is 1. The van der Waals surface area contributed by atoms with Gasteiger partial charge in [-0.3, -0.25) is 0 Å². The third kappa shape index (κ3) is 5.09. The van der Waals surface area contributed by atoms with Gasteiger partial charge in [-0.2, -0.15) is 0 Å². The Labute approximate surface area is 119 Å². The molecule has 0 amide bonds. The zero-order valence-corrected chi connectivity index (χ0v) is 12.1. The zero-order valence-electron chi connectivity index (χ0n) is 12.1. The van der Waals surface area contributed by atoms with Gasteiger partial charge in [-0.1, -0.05) is 19.4 Å². The van der Waals surface area contributed by atoms with Crippen LogP contribution >= 0.6 is 0 Å². The fourth-order valence-electron chi connectivity index (χ4n) is 1.65. The van der Waals surface area contributed by atoms with E-state index in [2.05, 4.69) is 6.92 Å². The van der Waals surface area contributed by atoms with Crippen LogP contribution in [-0.4, -0.2) is 37.5 Å². The molecule has 0 aliphatic carbocycles. The van der Waals surface area contributed by atoms with Gasteiger partial charge in [0.25, 0.3) is 0 Å². The summed E-state index contributed by atoms with van der Waals surface area (Å²) in [6.07, 6.45) is 2.09. The summed E-state index contributed by atoms with van der Waals surface area (Å²) in [4.78, 5) is 11.2. The van der Waals surface area contributed by atoms with Crippen LogP contribution in [0.25, 0.3) is 0 Å². The second kappa shape index (κ2) is 9.20. The molecule has 1 aromatic carbocycles. The molecule has 0 aliphatic rings. The largest absolute Gasteiger partial charge is 0.490 e. The third-order valence-corrected chi connectivity index (χ3v) is 2.63. The van der Waals surface area contributed by atoms with Crippen LogP contribution in [0.1, 0.15) is 37.0 Å². The average molecular weight is 282 g/mol. The number of hydrogen-bond donors (Lipinski definition) is 1. The normalized spacial score (nSPS) is 10.3. The summed E-state index contributed by atoms with van der Waals surface area (Å²) in [6.45, 7) is 5.81. The Morgan fingerprint density at radius 2 is 1.95 bits per heavy atom. The van der Waals surface area contributed by atoms with Gasteiger partial charge in [-0.25, -0.2) is 4.79 Å². The summed E-state index contributed by atoms with van der Waals surface area (Å²) in [6, 6.07) is 4.83. The molecule has 0 spiro atoms. The summed E-state index contributed by atoms with van der Waals surface area (Å²) in [5.41, 5.74) is 0.101. The minimum absolute atomic E-state index is 0.101. The lowest BCUT2D eigenvalue weighted by molar-refractivity contribution is 0.0682. The average Bonchev–Trinajstić information content (AvgIpc) is 2.44. The molecule has 20 heavy (non-hydrogen) atoms. The molecule has 0 radical (unpaired) electrons. The Kier molecular flexibility index (Phi) is 7.50. The first-order valence-corrected chi connectivity index (χ1v) is 6.90. The molecule has 0 fully saturated rings. The van der Waals surface area contributed by atoms with E-state index in [0.717, 1.165) is 12.8 Å². The SMILES string of the molecule is CCCCOCCOc1c(OCC)cccc1C(=O)O. The van der Waals surface area contributed by atoms with Crippen LogP contribution in [-0.2, 0) is 4.74 Å². The van der Waals surface area contributed by atoms with Gasteiger partial charge in [0.05, 0.1) is 13.2 Å². The van der Waals surface area contributed by atoms with E-state index in [4.69, 9.17) is 19.3 Å². The lowest BCUT2D eigenvalue weighted by atomic mass is 10.2. The Morgan fingerprint density at radius 3 is 2.60 bits per heavy atom. The van der Waals surface area contributed by atoms with Gasteiger partial charge in [0.2, 0.25) is 0 Å². The van der Waals surface area contributed by atoms with E-state index >= 15 is 0 Å². The number of aromatic carboxylic acids is 1. The first-order chi connectivity index (χ1) is 9.70. The minimum atomic E-state index is -1.03. The molecule has 0 saturated heterocycles. The van der Waals surface area contributed by atoms with Crippen molar-refractivity contribution in [2.24, 2.45) is 0 Å². The topological polar surface area (TPSA) is 65.0 Å². The maximum absolute atomic E-state index is 11.2. The summed E-state index contributed by atoms with van der Waals surface area (Å²) < 4.78 is 16.3. The van der Waals surface area contributed by atoms with Gasteiger partial charge in [0, 0.05) is 6.61 Å². The van der Waals surface area contributed by atoms with Crippen molar-refractivity contribution in [3.63, 3.8) is 0 Å². The molecule has 0 aliphatic heterocycles. The highest BCUT2D eigenvalue weighted by Crippen LogP contribution is 2.31. The van der Waals surface area contributed by atoms with Crippen molar-refractivity contribution >= 4 is 5.97 Å². The number of carboxylic acids is 1. The van der Waals surface area contributed by atoms with Crippen LogP contribution in [0.2, 0.25) is 0 Å². The molecule has 0 atom stereocenters. The molecule has 112 valence electrons. The van der Waals surface area contributed by atoms with Crippen molar-refractivity contribution in [2.75, 3.05) is 26.4 Å². The second-order valence-corrected chi connectivity index (χ2v) is 4.19. The van der Waals surface area contributed by atoms with Gasteiger partial charge in [0.1, 0.15) is 12.2 Å². The standard InChI is InChI=1S/C15H22O5/c1-3-5-9-18-10-11-20-14-12(15(16)17)7-6-8-13(14)19-4-2/h6-8H,3-5,9-11H2,1-2H3,(H,16,17). The summed E-state index contributed by atoms with van der Waals surface area (Å²) in [5.74, 6) is -0.324. The number of ether oxygens (including phenoxy) is 3. The summed E-state index contributed by atoms with van der Waals surface area (Å²) >= 11 is 0. The number of rotatable bonds is 10. The highest BCUT2D eigenvalue weighted by Gasteiger charge is 2.16. The van der Waals surface area contributed by atoms with E-state index in [9.17, 15) is 4.79 Å². The molecular formula is C15H22O5. The Hall–Kier alpha value is -1.75. The minimum Gasteiger partial charge on any atom is -0.490 e. The molecule has 1 N–H and O–H groups in total. The Balaban J connectivity index is 2.63. The molecule has 1 rings (SSSR count). The number of para-hydroxylation sites is 1. The van der Waals surface area contributed by atoms with Crippen LogP contribution in [0.5, 0.6) is 11.5 Å². The van der Waals surface area contributed by atoms with E-state index in [0.29, 0.717) is 32.2 Å². The van der Waals surface area contributed by atoms with Crippen LogP contribution in [0.15, 0.2) is 18.2 Å². The smallest absolute Gasteiger partial charge is 0.339 e. The lowest BCUT2D eigenvalue weighted by Gasteiger charge is -2.14. The number of carbonyl (C=O) groups is 1. The molecule has 1 aromatic rings. The molecular weight excluding hydrogens is 260 g/mol. The molecule has 0 heterocycles. The second-order valence-electron chi connectivity index (χ2n) is 4.19. The molecule has 0 unspecified atom stereocenters. The molecule has 5 nitrogen and oxygen atoms in total. The van der Waals surface area contributed by atoms with E-state index in [1.165, 1.54) is 6.07 Å². The molecule has 0 bridgehead atoms. The van der Waals surface area contributed by atoms with E-state index < -0.39 is 5.97 Å². The fraction of sp³-hybridized carbons (Fsp3) is 0.533. The summed E-state index contributed by atoms with van der Waals surface area (Å²) in [5, 5.41) is 9.16. The fourth-order valence-corrected chi connectivity index (χ4v) is 1.65. The molecule has 0 saturated carbocycles. The van der Waals surface area contributed by atoms with Gasteiger partial charge in [-0.15, -0.1) is 0 Å². The zero-order chi connectivity index (χ0) is 14.8. The van der Waals surface area contributed by atoms with Gasteiger partial charge < -0.3 is 19.3 Å². The van der Waals surface area contributed by atoms with E-state index in [1.54, 1.807) is 12.1 Å². The molecule has 5 heteroatoms. The van der Waals surface area contributed by atoms with Crippen LogP contribution in [0, 0.1) is 0 Å². The first kappa shape index (κ1) is 16.3. The number of unbranched alkanes of at least 4 members (excludes halogenated alkanes) is 1. The number of benzene rings is 1.